The summed E-state index contributed by atoms with van der Waals surface area (Å²) in [5.74, 6) is -1.70. The average Bonchev–Trinajstić information content (AvgIpc) is 2.48. The molecule has 0 heterocycles. The molecule has 0 aliphatic rings. The Hall–Kier alpha value is -2.49. The predicted molar refractivity (Wildman–Crippen MR) is 89.2 cm³/mol. The monoisotopic (exact) mass is 372 g/mol. The number of sulfone groups is 1. The lowest BCUT2D eigenvalue weighted by atomic mass is 10.1. The molecule has 0 aliphatic heterocycles. The zero-order valence-electron chi connectivity index (χ0n) is 14.1. The van der Waals surface area contributed by atoms with E-state index in [4.69, 9.17) is 5.11 Å². The van der Waals surface area contributed by atoms with Crippen LogP contribution in [-0.2, 0) is 14.6 Å². The average molecular weight is 372 g/mol. The molecule has 138 valence electrons. The van der Waals surface area contributed by atoms with E-state index in [1.54, 1.807) is 0 Å². The van der Waals surface area contributed by atoms with Crippen LogP contribution in [0.25, 0.3) is 0 Å². The Morgan fingerprint density at radius 3 is 2.32 bits per heavy atom. The number of nitrogens with zero attached hydrogens (tertiary/aromatic N) is 2. The van der Waals surface area contributed by atoms with E-state index in [-0.39, 0.29) is 35.9 Å². The number of rotatable bonds is 8. The van der Waals surface area contributed by atoms with E-state index >= 15 is 0 Å². The summed E-state index contributed by atoms with van der Waals surface area (Å²) in [5, 5.41) is 19.8. The minimum absolute atomic E-state index is 0.0332. The molecule has 0 aromatic heterocycles. The molecule has 0 spiro atoms. The quantitative estimate of drug-likeness (QED) is 0.540. The van der Waals surface area contributed by atoms with Gasteiger partial charge in [-0.2, -0.15) is 0 Å². The third-order valence-electron chi connectivity index (χ3n) is 3.25. The van der Waals surface area contributed by atoms with Crippen molar-refractivity contribution in [2.75, 3.05) is 19.3 Å². The Balaban J connectivity index is 3.33. The number of hydrogen-bond acceptors (Lipinski definition) is 6. The van der Waals surface area contributed by atoms with Crippen molar-refractivity contribution in [3.8, 4) is 0 Å². The van der Waals surface area contributed by atoms with Crippen molar-refractivity contribution in [1.29, 1.82) is 0 Å². The number of carboxylic acids is 1. The van der Waals surface area contributed by atoms with E-state index < -0.39 is 32.3 Å². The van der Waals surface area contributed by atoms with Crippen LogP contribution in [0.3, 0.4) is 0 Å². The standard InChI is InChI=1S/C15H20N2O7S/c1-10(2)9-16(5-4-14(18)19)15(20)11-6-12(17(21)22)8-13(7-11)25(3,23)24/h6-8,10H,4-5,9H2,1-3H3,(H,18,19). The number of benzene rings is 1. The van der Waals surface area contributed by atoms with Gasteiger partial charge in [0.05, 0.1) is 16.2 Å². The van der Waals surface area contributed by atoms with Gasteiger partial charge in [-0.25, -0.2) is 8.42 Å². The number of hydrogen-bond donors (Lipinski definition) is 1. The highest BCUT2D eigenvalue weighted by molar-refractivity contribution is 7.90. The van der Waals surface area contributed by atoms with Gasteiger partial charge in [-0.15, -0.1) is 0 Å². The van der Waals surface area contributed by atoms with Gasteiger partial charge in [0.15, 0.2) is 9.84 Å². The molecule has 9 nitrogen and oxygen atoms in total. The molecule has 0 aliphatic carbocycles. The number of carbonyl (C=O) groups is 2. The van der Waals surface area contributed by atoms with Gasteiger partial charge in [0.1, 0.15) is 0 Å². The lowest BCUT2D eigenvalue weighted by Gasteiger charge is -2.24. The van der Waals surface area contributed by atoms with Crippen molar-refractivity contribution < 1.29 is 28.0 Å². The van der Waals surface area contributed by atoms with Crippen LogP contribution in [0.1, 0.15) is 30.6 Å². The third-order valence-corrected chi connectivity index (χ3v) is 4.34. The lowest BCUT2D eigenvalue weighted by Crippen LogP contribution is -2.36. The van der Waals surface area contributed by atoms with Gasteiger partial charge >= 0.3 is 5.97 Å². The van der Waals surface area contributed by atoms with Gasteiger partial charge in [-0.3, -0.25) is 19.7 Å². The van der Waals surface area contributed by atoms with Crippen molar-refractivity contribution in [1.82, 2.24) is 4.90 Å². The highest BCUT2D eigenvalue weighted by Gasteiger charge is 2.23. The van der Waals surface area contributed by atoms with E-state index in [2.05, 4.69) is 0 Å². The molecule has 1 aromatic carbocycles. The number of aliphatic carboxylic acids is 1. The first kappa shape index (κ1) is 20.6. The molecule has 0 saturated carbocycles. The number of nitro benzene ring substituents is 1. The van der Waals surface area contributed by atoms with Crippen molar-refractivity contribution in [3.05, 3.63) is 33.9 Å². The second-order valence-corrected chi connectivity index (χ2v) is 8.05. The number of nitro groups is 1. The van der Waals surface area contributed by atoms with Gasteiger partial charge in [0.2, 0.25) is 0 Å². The zero-order valence-corrected chi connectivity index (χ0v) is 14.9. The maximum absolute atomic E-state index is 12.7. The first-order chi connectivity index (χ1) is 11.4. The molecule has 10 heteroatoms. The smallest absolute Gasteiger partial charge is 0.305 e. The largest absolute Gasteiger partial charge is 0.481 e. The Kier molecular flexibility index (Phi) is 6.63. The Morgan fingerprint density at radius 1 is 1.28 bits per heavy atom. The molecule has 1 amide bonds. The van der Waals surface area contributed by atoms with Crippen LogP contribution < -0.4 is 0 Å². The summed E-state index contributed by atoms with van der Waals surface area (Å²) in [7, 11) is -3.76. The number of non-ortho nitro benzene ring substituents is 1. The van der Waals surface area contributed by atoms with Gasteiger partial charge in [0.25, 0.3) is 11.6 Å². The summed E-state index contributed by atoms with van der Waals surface area (Å²) in [6.45, 7) is 3.82. The van der Waals surface area contributed by atoms with Gasteiger partial charge in [-0.1, -0.05) is 13.8 Å². The fraction of sp³-hybridized carbons (Fsp3) is 0.467. The normalized spacial score (nSPS) is 11.4. The Labute approximate surface area is 145 Å². The summed E-state index contributed by atoms with van der Waals surface area (Å²) in [4.78, 5) is 34.6. The number of amides is 1. The van der Waals surface area contributed by atoms with Crippen molar-refractivity contribution in [2.45, 2.75) is 25.2 Å². The fourth-order valence-electron chi connectivity index (χ4n) is 2.16. The maximum Gasteiger partial charge on any atom is 0.305 e. The number of carbonyl (C=O) groups excluding carboxylic acids is 1. The van der Waals surface area contributed by atoms with Crippen LogP contribution >= 0.6 is 0 Å². The minimum Gasteiger partial charge on any atom is -0.481 e. The molecule has 0 unspecified atom stereocenters. The van der Waals surface area contributed by atoms with Gasteiger partial charge in [-0.05, 0) is 12.0 Å². The van der Waals surface area contributed by atoms with Crippen LogP contribution in [0.15, 0.2) is 23.1 Å². The molecule has 0 atom stereocenters. The van der Waals surface area contributed by atoms with Crippen LogP contribution in [0.2, 0.25) is 0 Å². The third kappa shape index (κ3) is 6.14. The summed E-state index contributed by atoms with van der Waals surface area (Å²) < 4.78 is 23.4. The van der Waals surface area contributed by atoms with Crippen LogP contribution in [0.4, 0.5) is 5.69 Å². The maximum atomic E-state index is 12.7. The summed E-state index contributed by atoms with van der Waals surface area (Å²) in [5.41, 5.74) is -0.685. The van der Waals surface area contributed by atoms with Crippen LogP contribution in [-0.4, -0.2) is 54.6 Å². The summed E-state index contributed by atoms with van der Waals surface area (Å²) >= 11 is 0. The Bertz CT molecular complexity index is 787. The van der Waals surface area contributed by atoms with Gasteiger partial charge < -0.3 is 10.0 Å². The minimum atomic E-state index is -3.76. The van der Waals surface area contributed by atoms with Crippen molar-refractivity contribution in [2.24, 2.45) is 5.92 Å². The van der Waals surface area contributed by atoms with Gasteiger partial charge in [0, 0.05) is 37.0 Å². The predicted octanol–water partition coefficient (Wildman–Crippen LogP) is 1.57. The first-order valence-electron chi connectivity index (χ1n) is 7.42. The lowest BCUT2D eigenvalue weighted by molar-refractivity contribution is -0.385. The van der Waals surface area contributed by atoms with Crippen LogP contribution in [0.5, 0.6) is 0 Å². The second kappa shape index (κ2) is 8.06. The molecular weight excluding hydrogens is 352 g/mol. The highest BCUT2D eigenvalue weighted by atomic mass is 32.2. The summed E-state index contributed by atoms with van der Waals surface area (Å²) in [6, 6.07) is 2.94. The second-order valence-electron chi connectivity index (χ2n) is 6.03. The van der Waals surface area contributed by atoms with E-state index in [1.165, 1.54) is 4.90 Å². The van der Waals surface area contributed by atoms with E-state index in [1.807, 2.05) is 13.8 Å². The molecule has 0 saturated heterocycles. The van der Waals surface area contributed by atoms with Crippen LogP contribution in [0, 0.1) is 16.0 Å². The SMILES string of the molecule is CC(C)CN(CCC(=O)O)C(=O)c1cc([N+](=O)[O-])cc(S(C)(=O)=O)c1. The number of carboxylic acid groups (broad SMARTS) is 1. The molecule has 1 N–H and O–H groups in total. The fourth-order valence-corrected chi connectivity index (χ4v) is 2.83. The molecule has 1 aromatic rings. The van der Waals surface area contributed by atoms with Crippen molar-refractivity contribution >= 4 is 27.4 Å². The zero-order chi connectivity index (χ0) is 19.4. The van der Waals surface area contributed by atoms with E-state index in [0.29, 0.717) is 0 Å². The van der Waals surface area contributed by atoms with Crippen molar-refractivity contribution in [3.63, 3.8) is 0 Å². The van der Waals surface area contributed by atoms with E-state index in [9.17, 15) is 28.1 Å². The molecule has 1 rings (SSSR count). The molecule has 0 radical (unpaired) electrons. The molecular formula is C15H20N2O7S. The first-order valence-corrected chi connectivity index (χ1v) is 9.31. The molecule has 0 bridgehead atoms. The highest BCUT2D eigenvalue weighted by Crippen LogP contribution is 2.22. The molecule has 0 fully saturated rings. The topological polar surface area (TPSA) is 135 Å². The Morgan fingerprint density at radius 2 is 1.88 bits per heavy atom. The summed E-state index contributed by atoms with van der Waals surface area (Å²) in [6.07, 6.45) is 0.600. The van der Waals surface area contributed by atoms with E-state index in [0.717, 1.165) is 24.5 Å². The molecule has 25 heavy (non-hydrogen) atoms.